The fourth-order valence-electron chi connectivity index (χ4n) is 3.08. The summed E-state index contributed by atoms with van der Waals surface area (Å²) in [6.07, 6.45) is 1.98. The van der Waals surface area contributed by atoms with Crippen LogP contribution in [0.15, 0.2) is 24.3 Å². The Kier molecular flexibility index (Phi) is 5.60. The Morgan fingerprint density at radius 2 is 1.96 bits per heavy atom. The van der Waals surface area contributed by atoms with Gasteiger partial charge in [-0.15, -0.1) is 10.2 Å². The van der Waals surface area contributed by atoms with Crippen molar-refractivity contribution in [1.29, 1.82) is 0 Å². The first-order valence-electron chi connectivity index (χ1n) is 9.28. The average molecular weight is 387 g/mol. The second kappa shape index (κ2) is 7.76. The number of anilines is 2. The van der Waals surface area contributed by atoms with Gasteiger partial charge in [-0.2, -0.15) is 0 Å². The van der Waals surface area contributed by atoms with Crippen LogP contribution < -0.4 is 10.2 Å². The molecule has 1 atom stereocenters. The van der Waals surface area contributed by atoms with Crippen molar-refractivity contribution in [3.8, 4) is 0 Å². The molecule has 1 aliphatic rings. The van der Waals surface area contributed by atoms with E-state index in [-0.39, 0.29) is 29.6 Å². The third-order valence-corrected chi connectivity index (χ3v) is 5.37. The maximum absolute atomic E-state index is 12.6. The van der Waals surface area contributed by atoms with Crippen LogP contribution in [0.3, 0.4) is 0 Å². The number of aromatic nitrogens is 2. The molecule has 6 nitrogen and oxygen atoms in total. The molecule has 2 amide bonds. The molecule has 7 heteroatoms. The van der Waals surface area contributed by atoms with E-state index in [1.54, 1.807) is 4.90 Å². The third kappa shape index (κ3) is 4.91. The zero-order chi connectivity index (χ0) is 19.6. The van der Waals surface area contributed by atoms with Crippen LogP contribution in [-0.4, -0.2) is 28.6 Å². The van der Waals surface area contributed by atoms with Crippen LogP contribution in [0.2, 0.25) is 0 Å². The summed E-state index contributed by atoms with van der Waals surface area (Å²) in [5.74, 6) is -0.571. The molecule has 1 unspecified atom stereocenters. The Bertz CT molecular complexity index is 823. The van der Waals surface area contributed by atoms with Gasteiger partial charge in [0.05, 0.1) is 5.92 Å². The molecule has 1 fully saturated rings. The van der Waals surface area contributed by atoms with Crippen molar-refractivity contribution in [2.75, 3.05) is 16.8 Å². The first-order valence-corrected chi connectivity index (χ1v) is 10.1. The third-order valence-electron chi connectivity index (χ3n) is 4.53. The molecular weight excluding hydrogens is 360 g/mol. The fourth-order valence-corrected chi connectivity index (χ4v) is 4.12. The van der Waals surface area contributed by atoms with Gasteiger partial charge in [0.25, 0.3) is 0 Å². The Balaban J connectivity index is 1.62. The maximum Gasteiger partial charge on any atom is 0.231 e. The van der Waals surface area contributed by atoms with Crippen LogP contribution in [0.25, 0.3) is 0 Å². The number of benzene rings is 1. The number of hydrogen-bond donors (Lipinski definition) is 1. The first kappa shape index (κ1) is 19.5. The molecule has 1 aliphatic heterocycles. The van der Waals surface area contributed by atoms with Crippen LogP contribution in [0, 0.1) is 11.3 Å². The number of amides is 2. The van der Waals surface area contributed by atoms with E-state index in [2.05, 4.69) is 43.2 Å². The van der Waals surface area contributed by atoms with Crippen LogP contribution in [0.5, 0.6) is 0 Å². The number of carbonyl (C=O) groups excluding carboxylic acids is 2. The van der Waals surface area contributed by atoms with Gasteiger partial charge in [0.2, 0.25) is 16.9 Å². The summed E-state index contributed by atoms with van der Waals surface area (Å²) in [4.78, 5) is 26.6. The van der Waals surface area contributed by atoms with Gasteiger partial charge in [-0.05, 0) is 29.5 Å². The van der Waals surface area contributed by atoms with E-state index in [0.717, 1.165) is 23.5 Å². The van der Waals surface area contributed by atoms with E-state index >= 15 is 0 Å². The number of nitrogens with zero attached hydrogens (tertiary/aromatic N) is 3. The summed E-state index contributed by atoms with van der Waals surface area (Å²) >= 11 is 1.40. The lowest BCUT2D eigenvalue weighted by molar-refractivity contribution is -0.122. The molecule has 0 bridgehead atoms. The van der Waals surface area contributed by atoms with Gasteiger partial charge in [0, 0.05) is 25.1 Å². The van der Waals surface area contributed by atoms with Crippen molar-refractivity contribution in [3.05, 3.63) is 34.8 Å². The number of aryl methyl sites for hydroxylation is 1. The van der Waals surface area contributed by atoms with Crippen molar-refractivity contribution < 1.29 is 9.59 Å². The predicted octanol–water partition coefficient (Wildman–Crippen LogP) is 3.68. The van der Waals surface area contributed by atoms with Gasteiger partial charge in [-0.1, -0.05) is 51.2 Å². The summed E-state index contributed by atoms with van der Waals surface area (Å²) in [5.41, 5.74) is 2.19. The number of carbonyl (C=O) groups is 2. The van der Waals surface area contributed by atoms with Crippen LogP contribution >= 0.6 is 11.3 Å². The molecule has 2 heterocycles. The lowest BCUT2D eigenvalue weighted by Crippen LogP contribution is -2.28. The summed E-state index contributed by atoms with van der Waals surface area (Å²) in [5, 5.41) is 12.4. The zero-order valence-electron chi connectivity index (χ0n) is 16.3. The molecule has 1 aromatic carbocycles. The predicted molar refractivity (Wildman–Crippen MR) is 108 cm³/mol. The van der Waals surface area contributed by atoms with E-state index < -0.39 is 0 Å². The van der Waals surface area contributed by atoms with E-state index in [9.17, 15) is 9.59 Å². The van der Waals surface area contributed by atoms with Crippen molar-refractivity contribution in [2.45, 2.75) is 47.0 Å². The van der Waals surface area contributed by atoms with E-state index in [0.29, 0.717) is 11.7 Å². The Labute approximate surface area is 164 Å². The van der Waals surface area contributed by atoms with Crippen molar-refractivity contribution in [1.82, 2.24) is 10.2 Å². The topological polar surface area (TPSA) is 75.2 Å². The van der Waals surface area contributed by atoms with E-state index in [4.69, 9.17) is 0 Å². The minimum absolute atomic E-state index is 0.0231. The zero-order valence-corrected chi connectivity index (χ0v) is 17.1. The SMILES string of the molecule is CCc1ccc(N2CC(C(=O)Nc3nnc(CC(C)(C)C)s3)CC2=O)cc1. The first-order chi connectivity index (χ1) is 12.7. The molecule has 3 rings (SSSR count). The molecule has 1 N–H and O–H groups in total. The van der Waals surface area contributed by atoms with Crippen LogP contribution in [0.1, 0.15) is 44.7 Å². The highest BCUT2D eigenvalue weighted by molar-refractivity contribution is 7.15. The van der Waals surface area contributed by atoms with Crippen LogP contribution in [0.4, 0.5) is 10.8 Å². The molecule has 27 heavy (non-hydrogen) atoms. The highest BCUT2D eigenvalue weighted by atomic mass is 32.1. The minimum Gasteiger partial charge on any atom is -0.312 e. The average Bonchev–Trinajstić information content (AvgIpc) is 3.20. The normalized spacial score (nSPS) is 17.4. The van der Waals surface area contributed by atoms with Gasteiger partial charge >= 0.3 is 0 Å². The highest BCUT2D eigenvalue weighted by Gasteiger charge is 2.35. The maximum atomic E-state index is 12.6. The lowest BCUT2D eigenvalue weighted by Gasteiger charge is -2.17. The number of rotatable bonds is 5. The van der Waals surface area contributed by atoms with Gasteiger partial charge in [0.15, 0.2) is 0 Å². The van der Waals surface area contributed by atoms with E-state index in [1.165, 1.54) is 16.9 Å². The Morgan fingerprint density at radius 1 is 1.26 bits per heavy atom. The molecular formula is C20H26N4O2S. The second-order valence-electron chi connectivity index (χ2n) is 8.15. The molecule has 144 valence electrons. The highest BCUT2D eigenvalue weighted by Crippen LogP contribution is 2.28. The van der Waals surface area contributed by atoms with Crippen molar-refractivity contribution >= 4 is 34.0 Å². The molecule has 2 aromatic rings. The molecule has 0 saturated carbocycles. The van der Waals surface area contributed by atoms with E-state index in [1.807, 2.05) is 24.3 Å². The Morgan fingerprint density at radius 3 is 2.59 bits per heavy atom. The quantitative estimate of drug-likeness (QED) is 0.850. The molecule has 1 saturated heterocycles. The molecule has 0 radical (unpaired) electrons. The molecule has 0 aliphatic carbocycles. The summed E-state index contributed by atoms with van der Waals surface area (Å²) in [7, 11) is 0. The van der Waals surface area contributed by atoms with Crippen LogP contribution in [-0.2, 0) is 22.4 Å². The smallest absolute Gasteiger partial charge is 0.231 e. The fraction of sp³-hybridized carbons (Fsp3) is 0.500. The van der Waals surface area contributed by atoms with Gasteiger partial charge in [-0.3, -0.25) is 9.59 Å². The molecule has 1 aromatic heterocycles. The standard InChI is InChI=1S/C20H26N4O2S/c1-5-13-6-8-15(9-7-13)24-12-14(10-17(24)25)18(26)21-19-23-22-16(27-19)11-20(2,3)4/h6-9,14H,5,10-12H2,1-4H3,(H,21,23,26). The van der Waals surface area contributed by atoms with Crippen molar-refractivity contribution in [3.63, 3.8) is 0 Å². The number of nitrogens with one attached hydrogen (secondary N) is 1. The Hall–Kier alpha value is -2.28. The van der Waals surface area contributed by atoms with Crippen molar-refractivity contribution in [2.24, 2.45) is 11.3 Å². The second-order valence-corrected chi connectivity index (χ2v) is 9.22. The summed E-state index contributed by atoms with van der Waals surface area (Å²) in [6, 6.07) is 7.93. The van der Waals surface area contributed by atoms with Gasteiger partial charge in [0.1, 0.15) is 5.01 Å². The van der Waals surface area contributed by atoms with Gasteiger partial charge in [-0.25, -0.2) is 0 Å². The summed E-state index contributed by atoms with van der Waals surface area (Å²) < 4.78 is 0. The van der Waals surface area contributed by atoms with Gasteiger partial charge < -0.3 is 10.2 Å². The number of hydrogen-bond acceptors (Lipinski definition) is 5. The lowest BCUT2D eigenvalue weighted by atomic mass is 9.93. The summed E-state index contributed by atoms with van der Waals surface area (Å²) in [6.45, 7) is 8.90. The minimum atomic E-state index is -0.377. The monoisotopic (exact) mass is 386 g/mol. The largest absolute Gasteiger partial charge is 0.312 e. The molecule has 0 spiro atoms.